The fourth-order valence-electron chi connectivity index (χ4n) is 2.58. The lowest BCUT2D eigenvalue weighted by Gasteiger charge is -2.32. The van der Waals surface area contributed by atoms with Gasteiger partial charge in [-0.1, -0.05) is 6.92 Å². The molecule has 0 saturated carbocycles. The molecule has 5 nitrogen and oxygen atoms in total. The van der Waals surface area contributed by atoms with Crippen molar-refractivity contribution in [2.45, 2.75) is 52.4 Å². The Bertz CT molecular complexity index is 469. The molecule has 1 atom stereocenters. The predicted molar refractivity (Wildman–Crippen MR) is 85.7 cm³/mol. The predicted octanol–water partition coefficient (Wildman–Crippen LogP) is 1.38. The SMILES string of the molecule is C[C@H](CN(C)C)Cn1cc(B2OC(C)(C)C(C)(C)O2)cn1. The van der Waals surface area contributed by atoms with E-state index < -0.39 is 0 Å². The molecule has 1 aromatic heterocycles. The van der Waals surface area contributed by atoms with Gasteiger partial charge in [0.1, 0.15) is 0 Å². The van der Waals surface area contributed by atoms with Crippen LogP contribution in [-0.2, 0) is 15.9 Å². The van der Waals surface area contributed by atoms with Crippen molar-refractivity contribution in [2.24, 2.45) is 5.92 Å². The zero-order chi connectivity index (χ0) is 15.8. The highest BCUT2D eigenvalue weighted by atomic mass is 16.7. The van der Waals surface area contributed by atoms with Crippen LogP contribution in [-0.4, -0.2) is 53.6 Å². The molecule has 1 fully saturated rings. The third kappa shape index (κ3) is 3.68. The summed E-state index contributed by atoms with van der Waals surface area (Å²) < 4.78 is 14.1. The van der Waals surface area contributed by atoms with Gasteiger partial charge in [-0.3, -0.25) is 4.68 Å². The second kappa shape index (κ2) is 5.74. The summed E-state index contributed by atoms with van der Waals surface area (Å²) >= 11 is 0. The van der Waals surface area contributed by atoms with Crippen LogP contribution in [0.5, 0.6) is 0 Å². The quantitative estimate of drug-likeness (QED) is 0.769. The van der Waals surface area contributed by atoms with Crippen LogP contribution in [0.4, 0.5) is 0 Å². The summed E-state index contributed by atoms with van der Waals surface area (Å²) in [6.07, 6.45) is 3.89. The van der Waals surface area contributed by atoms with Crippen LogP contribution in [0.3, 0.4) is 0 Å². The zero-order valence-corrected chi connectivity index (χ0v) is 14.4. The van der Waals surface area contributed by atoms with Crippen molar-refractivity contribution in [1.29, 1.82) is 0 Å². The van der Waals surface area contributed by atoms with Crippen molar-refractivity contribution in [3.8, 4) is 0 Å². The maximum Gasteiger partial charge on any atom is 0.498 e. The lowest BCUT2D eigenvalue weighted by atomic mass is 9.82. The summed E-state index contributed by atoms with van der Waals surface area (Å²) in [6.45, 7) is 12.4. The van der Waals surface area contributed by atoms with Gasteiger partial charge in [0.15, 0.2) is 0 Å². The highest BCUT2D eigenvalue weighted by Gasteiger charge is 2.52. The Labute approximate surface area is 128 Å². The summed E-state index contributed by atoms with van der Waals surface area (Å²) in [5, 5.41) is 4.44. The van der Waals surface area contributed by atoms with Gasteiger partial charge in [-0.05, 0) is 47.7 Å². The van der Waals surface area contributed by atoms with Crippen molar-refractivity contribution < 1.29 is 9.31 Å². The molecule has 0 radical (unpaired) electrons. The second-order valence-electron chi connectivity index (χ2n) is 7.45. The Hall–Kier alpha value is -0.845. The van der Waals surface area contributed by atoms with E-state index in [0.29, 0.717) is 5.92 Å². The first kappa shape index (κ1) is 16.5. The minimum absolute atomic E-state index is 0.308. The minimum Gasteiger partial charge on any atom is -0.399 e. The fourth-order valence-corrected chi connectivity index (χ4v) is 2.58. The Morgan fingerprint density at radius 1 is 1.24 bits per heavy atom. The average Bonchev–Trinajstić information content (AvgIpc) is 2.81. The van der Waals surface area contributed by atoms with E-state index in [1.807, 2.05) is 17.1 Å². The maximum atomic E-state index is 6.05. The standard InChI is InChI=1S/C15H28BN3O2/c1-12(9-18(6)7)10-19-11-13(8-17-19)16-20-14(2,3)15(4,5)21-16/h8,11-12H,9-10H2,1-7H3/t12-/m1/s1. The Morgan fingerprint density at radius 3 is 2.33 bits per heavy atom. The summed E-state index contributed by atoms with van der Waals surface area (Å²) in [4.78, 5) is 2.20. The smallest absolute Gasteiger partial charge is 0.399 e. The maximum absolute atomic E-state index is 6.05. The molecule has 0 amide bonds. The number of aromatic nitrogens is 2. The highest BCUT2D eigenvalue weighted by molar-refractivity contribution is 6.61. The monoisotopic (exact) mass is 293 g/mol. The third-order valence-electron chi connectivity index (χ3n) is 4.35. The van der Waals surface area contributed by atoms with Gasteiger partial charge in [0.25, 0.3) is 0 Å². The van der Waals surface area contributed by atoms with Crippen LogP contribution < -0.4 is 5.46 Å². The van der Waals surface area contributed by atoms with E-state index in [2.05, 4.69) is 58.7 Å². The van der Waals surface area contributed by atoms with E-state index in [0.717, 1.165) is 18.6 Å². The molecule has 118 valence electrons. The first-order chi connectivity index (χ1) is 9.60. The summed E-state index contributed by atoms with van der Waals surface area (Å²) in [7, 11) is 3.86. The van der Waals surface area contributed by atoms with Crippen molar-refractivity contribution in [1.82, 2.24) is 14.7 Å². The molecular formula is C15H28BN3O2. The molecule has 2 rings (SSSR count). The molecular weight excluding hydrogens is 265 g/mol. The third-order valence-corrected chi connectivity index (χ3v) is 4.35. The molecule has 6 heteroatoms. The van der Waals surface area contributed by atoms with Crippen LogP contribution in [0.25, 0.3) is 0 Å². The molecule has 0 spiro atoms. The van der Waals surface area contributed by atoms with Crippen molar-refractivity contribution in [3.05, 3.63) is 12.4 Å². The molecule has 1 aliphatic rings. The largest absolute Gasteiger partial charge is 0.498 e. The van der Waals surface area contributed by atoms with E-state index in [1.54, 1.807) is 0 Å². The second-order valence-corrected chi connectivity index (χ2v) is 7.45. The summed E-state index contributed by atoms with van der Waals surface area (Å²) in [5.74, 6) is 0.547. The van der Waals surface area contributed by atoms with E-state index in [9.17, 15) is 0 Å². The van der Waals surface area contributed by atoms with E-state index in [-0.39, 0.29) is 18.3 Å². The van der Waals surface area contributed by atoms with Crippen molar-refractivity contribution in [2.75, 3.05) is 20.6 Å². The van der Waals surface area contributed by atoms with Gasteiger partial charge in [0, 0.05) is 30.9 Å². The van der Waals surface area contributed by atoms with Crippen LogP contribution in [0, 0.1) is 5.92 Å². The van der Waals surface area contributed by atoms with E-state index >= 15 is 0 Å². The molecule has 0 unspecified atom stereocenters. The average molecular weight is 293 g/mol. The minimum atomic E-state index is -0.326. The molecule has 1 saturated heterocycles. The topological polar surface area (TPSA) is 39.5 Å². The van der Waals surface area contributed by atoms with Gasteiger partial charge in [-0.25, -0.2) is 0 Å². The number of hydrogen-bond acceptors (Lipinski definition) is 4. The fraction of sp³-hybridized carbons (Fsp3) is 0.800. The molecule has 0 N–H and O–H groups in total. The van der Waals surface area contributed by atoms with Crippen LogP contribution >= 0.6 is 0 Å². The molecule has 0 aliphatic carbocycles. The van der Waals surface area contributed by atoms with Crippen molar-refractivity contribution >= 4 is 12.6 Å². The Balaban J connectivity index is 2.01. The first-order valence-electron chi connectivity index (χ1n) is 7.63. The van der Waals surface area contributed by atoms with Gasteiger partial charge in [-0.15, -0.1) is 0 Å². The molecule has 21 heavy (non-hydrogen) atoms. The van der Waals surface area contributed by atoms with Gasteiger partial charge in [0.2, 0.25) is 0 Å². The lowest BCUT2D eigenvalue weighted by molar-refractivity contribution is 0.00578. The molecule has 0 aromatic carbocycles. The highest BCUT2D eigenvalue weighted by Crippen LogP contribution is 2.36. The molecule has 2 heterocycles. The molecule has 1 aliphatic heterocycles. The number of rotatable bonds is 5. The Morgan fingerprint density at radius 2 is 1.81 bits per heavy atom. The van der Waals surface area contributed by atoms with Crippen LogP contribution in [0.2, 0.25) is 0 Å². The van der Waals surface area contributed by atoms with Gasteiger partial charge in [0.05, 0.1) is 11.2 Å². The van der Waals surface area contributed by atoms with E-state index in [1.165, 1.54) is 0 Å². The number of nitrogens with zero attached hydrogens (tertiary/aromatic N) is 3. The lowest BCUT2D eigenvalue weighted by Crippen LogP contribution is -2.41. The molecule has 1 aromatic rings. The van der Waals surface area contributed by atoms with Crippen LogP contribution in [0.15, 0.2) is 12.4 Å². The first-order valence-corrected chi connectivity index (χ1v) is 7.63. The Kier molecular flexibility index (Phi) is 4.52. The summed E-state index contributed by atoms with van der Waals surface area (Å²) in [5.41, 5.74) is 0.376. The van der Waals surface area contributed by atoms with Crippen molar-refractivity contribution in [3.63, 3.8) is 0 Å². The zero-order valence-electron chi connectivity index (χ0n) is 14.4. The van der Waals surface area contributed by atoms with Gasteiger partial charge >= 0.3 is 7.12 Å². The summed E-state index contributed by atoms with van der Waals surface area (Å²) in [6, 6.07) is 0. The van der Waals surface area contributed by atoms with Gasteiger partial charge in [-0.2, -0.15) is 5.10 Å². The van der Waals surface area contributed by atoms with E-state index in [4.69, 9.17) is 9.31 Å². The molecule has 0 bridgehead atoms. The normalized spacial score (nSPS) is 22.0. The van der Waals surface area contributed by atoms with Gasteiger partial charge < -0.3 is 14.2 Å². The van der Waals surface area contributed by atoms with Crippen LogP contribution in [0.1, 0.15) is 34.6 Å². The number of hydrogen-bond donors (Lipinski definition) is 0.